The van der Waals surface area contributed by atoms with Crippen LogP contribution in [0.2, 0.25) is 0 Å². The molecule has 2 atom stereocenters. The molecule has 0 aromatic carbocycles. The second-order valence-electron chi connectivity index (χ2n) is 5.64. The van der Waals surface area contributed by atoms with Crippen molar-refractivity contribution in [2.24, 2.45) is 18.7 Å². The summed E-state index contributed by atoms with van der Waals surface area (Å²) in [5.74, 6) is 0.257. The topological polar surface area (TPSA) is 81.2 Å². The molecule has 2 unspecified atom stereocenters. The Kier molecular flexibility index (Phi) is 4.22. The number of nitrogens with two attached hydrogens (primary N) is 1. The van der Waals surface area contributed by atoms with Crippen molar-refractivity contribution in [1.29, 1.82) is 0 Å². The molecule has 1 aliphatic rings. The summed E-state index contributed by atoms with van der Waals surface area (Å²) >= 11 is 0. The maximum absolute atomic E-state index is 12.9. The molecule has 1 aliphatic carbocycles. The van der Waals surface area contributed by atoms with Crippen molar-refractivity contribution < 1.29 is 8.42 Å². The molecule has 0 spiro atoms. The van der Waals surface area contributed by atoms with Gasteiger partial charge in [-0.1, -0.05) is 6.42 Å². The Labute approximate surface area is 121 Å². The smallest absolute Gasteiger partial charge is 0.246 e. The summed E-state index contributed by atoms with van der Waals surface area (Å²) < 4.78 is 28.9. The minimum atomic E-state index is -3.51. The predicted octanol–water partition coefficient (Wildman–Crippen LogP) is 0.785. The lowest BCUT2D eigenvalue weighted by atomic mass is 10.0. The molecule has 7 heteroatoms. The van der Waals surface area contributed by atoms with Crippen LogP contribution in [0.25, 0.3) is 0 Å². The van der Waals surface area contributed by atoms with Crippen LogP contribution in [-0.2, 0) is 17.1 Å². The van der Waals surface area contributed by atoms with Gasteiger partial charge >= 0.3 is 0 Å². The molecule has 2 N–H and O–H groups in total. The average molecular weight is 300 g/mol. The first kappa shape index (κ1) is 15.5. The van der Waals surface area contributed by atoms with E-state index in [0.717, 1.165) is 19.3 Å². The van der Waals surface area contributed by atoms with E-state index in [1.807, 2.05) is 0 Å². The predicted molar refractivity (Wildman–Crippen MR) is 77.8 cm³/mol. The number of rotatable bonds is 4. The van der Waals surface area contributed by atoms with Gasteiger partial charge in [0.2, 0.25) is 10.0 Å². The zero-order valence-electron chi connectivity index (χ0n) is 12.6. The van der Waals surface area contributed by atoms with Crippen LogP contribution >= 0.6 is 0 Å². The first-order valence-corrected chi connectivity index (χ1v) is 8.43. The fraction of sp³-hybridized carbons (Fsp3) is 0.769. The molecular weight excluding hydrogens is 276 g/mol. The van der Waals surface area contributed by atoms with E-state index in [-0.39, 0.29) is 12.0 Å². The van der Waals surface area contributed by atoms with E-state index in [1.165, 1.54) is 4.31 Å². The van der Waals surface area contributed by atoms with Crippen molar-refractivity contribution in [2.45, 2.75) is 44.0 Å². The third-order valence-corrected chi connectivity index (χ3v) is 6.60. The Morgan fingerprint density at radius 3 is 2.55 bits per heavy atom. The van der Waals surface area contributed by atoms with Crippen LogP contribution in [0.3, 0.4) is 0 Å². The molecule has 0 amide bonds. The van der Waals surface area contributed by atoms with Gasteiger partial charge in [0.25, 0.3) is 0 Å². The fourth-order valence-electron chi connectivity index (χ4n) is 3.22. The Balaban J connectivity index is 2.39. The number of sulfonamides is 1. The van der Waals surface area contributed by atoms with Crippen molar-refractivity contribution in [3.63, 3.8) is 0 Å². The quantitative estimate of drug-likeness (QED) is 0.891. The first-order valence-electron chi connectivity index (χ1n) is 6.99. The molecule has 1 aromatic rings. The number of hydrogen-bond acceptors (Lipinski definition) is 4. The van der Waals surface area contributed by atoms with E-state index >= 15 is 0 Å². The summed E-state index contributed by atoms with van der Waals surface area (Å²) in [6.07, 6.45) is 2.93. The van der Waals surface area contributed by atoms with Gasteiger partial charge in [0, 0.05) is 20.1 Å². The highest BCUT2D eigenvalue weighted by atomic mass is 32.2. The SMILES string of the molecule is Cc1nn(C)c(C)c1S(=O)(=O)N(C)C1CCCC1CN. The van der Waals surface area contributed by atoms with E-state index in [2.05, 4.69) is 5.10 Å². The number of nitrogens with zero attached hydrogens (tertiary/aromatic N) is 3. The summed E-state index contributed by atoms with van der Waals surface area (Å²) in [4.78, 5) is 0.338. The van der Waals surface area contributed by atoms with Gasteiger partial charge in [-0.25, -0.2) is 8.42 Å². The minimum Gasteiger partial charge on any atom is -0.330 e. The van der Waals surface area contributed by atoms with E-state index in [0.29, 0.717) is 22.8 Å². The summed E-state index contributed by atoms with van der Waals surface area (Å²) in [5, 5.41) is 4.21. The molecule has 114 valence electrons. The standard InChI is InChI=1S/C13H24N4O2S/c1-9-13(10(2)16(3)15-9)20(18,19)17(4)12-7-5-6-11(12)8-14/h11-12H,5-8,14H2,1-4H3. The highest BCUT2D eigenvalue weighted by Crippen LogP contribution is 2.33. The Bertz CT molecular complexity index is 594. The summed E-state index contributed by atoms with van der Waals surface area (Å²) in [6, 6.07) is 0.00371. The molecule has 2 rings (SSSR count). The summed E-state index contributed by atoms with van der Waals surface area (Å²) in [6.45, 7) is 4.06. The fourth-order valence-corrected chi connectivity index (χ4v) is 5.06. The molecule has 0 bridgehead atoms. The lowest BCUT2D eigenvalue weighted by Gasteiger charge is -2.28. The maximum Gasteiger partial charge on any atom is 0.246 e. The number of aryl methyl sites for hydroxylation is 2. The highest BCUT2D eigenvalue weighted by molar-refractivity contribution is 7.89. The van der Waals surface area contributed by atoms with Crippen LogP contribution in [0.5, 0.6) is 0 Å². The Morgan fingerprint density at radius 1 is 1.40 bits per heavy atom. The number of hydrogen-bond donors (Lipinski definition) is 1. The van der Waals surface area contributed by atoms with Gasteiger partial charge in [-0.2, -0.15) is 9.40 Å². The van der Waals surface area contributed by atoms with Gasteiger partial charge in [-0.15, -0.1) is 0 Å². The molecule has 1 heterocycles. The van der Waals surface area contributed by atoms with E-state index < -0.39 is 10.0 Å². The Morgan fingerprint density at radius 2 is 2.05 bits per heavy atom. The molecule has 1 saturated carbocycles. The van der Waals surface area contributed by atoms with Crippen molar-refractivity contribution in [3.8, 4) is 0 Å². The largest absolute Gasteiger partial charge is 0.330 e. The van der Waals surface area contributed by atoms with E-state index in [9.17, 15) is 8.42 Å². The van der Waals surface area contributed by atoms with Crippen molar-refractivity contribution >= 4 is 10.0 Å². The molecular formula is C13H24N4O2S. The molecule has 1 fully saturated rings. The van der Waals surface area contributed by atoms with Crippen molar-refractivity contribution in [2.75, 3.05) is 13.6 Å². The van der Waals surface area contributed by atoms with Gasteiger partial charge in [0.15, 0.2) is 0 Å². The minimum absolute atomic E-state index is 0.00371. The van der Waals surface area contributed by atoms with Gasteiger partial charge < -0.3 is 5.73 Å². The van der Waals surface area contributed by atoms with E-state index in [4.69, 9.17) is 5.73 Å². The van der Waals surface area contributed by atoms with Crippen LogP contribution < -0.4 is 5.73 Å². The molecule has 0 saturated heterocycles. The lowest BCUT2D eigenvalue weighted by molar-refractivity contribution is 0.304. The van der Waals surface area contributed by atoms with Crippen LogP contribution in [-0.4, -0.2) is 42.1 Å². The second-order valence-corrected chi connectivity index (χ2v) is 7.57. The third-order valence-electron chi connectivity index (χ3n) is 4.47. The Hall–Kier alpha value is -0.920. The third kappa shape index (κ3) is 2.38. The van der Waals surface area contributed by atoms with E-state index in [1.54, 1.807) is 32.6 Å². The summed E-state index contributed by atoms with van der Waals surface area (Å²) in [5.41, 5.74) is 7.00. The summed E-state index contributed by atoms with van der Waals surface area (Å²) in [7, 11) is -0.0815. The van der Waals surface area contributed by atoms with Gasteiger partial charge in [-0.05, 0) is 39.2 Å². The first-order chi connectivity index (χ1) is 9.30. The van der Waals surface area contributed by atoms with Gasteiger partial charge in [-0.3, -0.25) is 4.68 Å². The second kappa shape index (κ2) is 5.46. The monoisotopic (exact) mass is 300 g/mol. The zero-order chi connectivity index (χ0) is 15.1. The number of aromatic nitrogens is 2. The molecule has 1 aromatic heterocycles. The highest BCUT2D eigenvalue weighted by Gasteiger charge is 2.38. The van der Waals surface area contributed by atoms with Crippen molar-refractivity contribution in [1.82, 2.24) is 14.1 Å². The molecule has 20 heavy (non-hydrogen) atoms. The van der Waals surface area contributed by atoms with Crippen LogP contribution in [0.1, 0.15) is 30.7 Å². The normalized spacial score (nSPS) is 23.7. The van der Waals surface area contributed by atoms with Crippen LogP contribution in [0.15, 0.2) is 4.90 Å². The lowest BCUT2D eigenvalue weighted by Crippen LogP contribution is -2.41. The van der Waals surface area contributed by atoms with Crippen LogP contribution in [0, 0.1) is 19.8 Å². The molecule has 0 radical (unpaired) electrons. The van der Waals surface area contributed by atoms with Crippen LogP contribution in [0.4, 0.5) is 0 Å². The maximum atomic E-state index is 12.9. The zero-order valence-corrected chi connectivity index (χ0v) is 13.4. The van der Waals surface area contributed by atoms with Gasteiger partial charge in [0.05, 0.1) is 11.4 Å². The van der Waals surface area contributed by atoms with Crippen molar-refractivity contribution in [3.05, 3.63) is 11.4 Å². The molecule has 6 nitrogen and oxygen atoms in total. The van der Waals surface area contributed by atoms with Gasteiger partial charge in [0.1, 0.15) is 4.90 Å². The molecule has 0 aliphatic heterocycles. The average Bonchev–Trinajstić information content (AvgIpc) is 2.94.